The molecule has 0 aliphatic carbocycles. The van der Waals surface area contributed by atoms with Crippen LogP contribution in [0.15, 0.2) is 60.7 Å². The topological polar surface area (TPSA) is 56.7 Å². The molecule has 3 aromatic rings. The van der Waals surface area contributed by atoms with Crippen molar-refractivity contribution in [1.82, 2.24) is 14.8 Å². The van der Waals surface area contributed by atoms with Crippen LogP contribution in [0, 0.1) is 0 Å². The van der Waals surface area contributed by atoms with Gasteiger partial charge in [-0.3, -0.25) is 0 Å². The number of nitrogen functional groups attached to an aromatic ring is 1. The van der Waals surface area contributed by atoms with E-state index in [-0.39, 0.29) is 0 Å². The Kier molecular flexibility index (Phi) is 2.98. The first kappa shape index (κ1) is 11.5. The Morgan fingerprint density at radius 3 is 2.21 bits per heavy atom. The van der Waals surface area contributed by atoms with Crippen molar-refractivity contribution in [3.05, 3.63) is 72.1 Å². The Hall–Kier alpha value is -2.62. The number of nitrogens with zero attached hydrogens (tertiary/aromatic N) is 3. The maximum Gasteiger partial charge on any atom is 0.240 e. The molecule has 0 spiro atoms. The molecule has 3 rings (SSSR count). The molecule has 2 aromatic carbocycles. The maximum atomic E-state index is 5.73. The minimum atomic E-state index is 0.301. The lowest BCUT2D eigenvalue weighted by molar-refractivity contribution is 0.814. The van der Waals surface area contributed by atoms with Gasteiger partial charge in [0.25, 0.3) is 0 Å². The third kappa shape index (κ3) is 2.47. The zero-order valence-electron chi connectivity index (χ0n) is 10.4. The summed E-state index contributed by atoms with van der Waals surface area (Å²) in [5, 5.41) is 4.26. The van der Waals surface area contributed by atoms with Crippen molar-refractivity contribution >= 4 is 5.95 Å². The molecule has 19 heavy (non-hydrogen) atoms. The number of hydrogen-bond donors (Lipinski definition) is 1. The molecule has 0 aliphatic heterocycles. The second-order valence-corrected chi connectivity index (χ2v) is 4.30. The summed E-state index contributed by atoms with van der Waals surface area (Å²) in [6.45, 7) is 0. The van der Waals surface area contributed by atoms with E-state index in [9.17, 15) is 0 Å². The first-order valence-electron chi connectivity index (χ1n) is 6.14. The zero-order chi connectivity index (χ0) is 13.1. The summed E-state index contributed by atoms with van der Waals surface area (Å²) in [4.78, 5) is 4.31. The van der Waals surface area contributed by atoms with Crippen molar-refractivity contribution in [2.45, 2.75) is 6.42 Å². The average molecular weight is 250 g/mol. The minimum Gasteiger partial charge on any atom is -0.366 e. The van der Waals surface area contributed by atoms with Gasteiger partial charge in [0.2, 0.25) is 5.95 Å². The summed E-state index contributed by atoms with van der Waals surface area (Å²) in [6.07, 6.45) is 0.708. The van der Waals surface area contributed by atoms with Crippen LogP contribution in [0.25, 0.3) is 5.69 Å². The number of para-hydroxylation sites is 1. The highest BCUT2D eigenvalue weighted by Crippen LogP contribution is 2.14. The van der Waals surface area contributed by atoms with Crippen molar-refractivity contribution in [3.8, 4) is 5.69 Å². The number of anilines is 1. The smallest absolute Gasteiger partial charge is 0.240 e. The van der Waals surface area contributed by atoms with Gasteiger partial charge < -0.3 is 5.73 Å². The van der Waals surface area contributed by atoms with Crippen LogP contribution in [0.2, 0.25) is 0 Å². The van der Waals surface area contributed by atoms with E-state index in [1.807, 2.05) is 48.5 Å². The van der Waals surface area contributed by atoms with Gasteiger partial charge >= 0.3 is 0 Å². The molecule has 0 radical (unpaired) electrons. The van der Waals surface area contributed by atoms with E-state index in [0.29, 0.717) is 12.4 Å². The van der Waals surface area contributed by atoms with Gasteiger partial charge in [-0.15, -0.1) is 5.10 Å². The lowest BCUT2D eigenvalue weighted by Crippen LogP contribution is -2.03. The molecule has 0 bridgehead atoms. The molecule has 0 saturated heterocycles. The van der Waals surface area contributed by atoms with E-state index in [4.69, 9.17) is 5.73 Å². The Morgan fingerprint density at radius 2 is 1.53 bits per heavy atom. The number of benzene rings is 2. The van der Waals surface area contributed by atoms with Gasteiger partial charge in [0.05, 0.1) is 5.69 Å². The molecular formula is C15H14N4. The molecular weight excluding hydrogens is 236 g/mol. The van der Waals surface area contributed by atoms with Crippen LogP contribution in [0.3, 0.4) is 0 Å². The van der Waals surface area contributed by atoms with Crippen LogP contribution < -0.4 is 5.73 Å². The molecule has 0 aliphatic rings. The third-order valence-electron chi connectivity index (χ3n) is 2.90. The number of aromatic nitrogens is 3. The van der Waals surface area contributed by atoms with Crippen molar-refractivity contribution < 1.29 is 0 Å². The predicted octanol–water partition coefficient (Wildman–Crippen LogP) is 2.44. The Labute approximate surface area is 111 Å². The van der Waals surface area contributed by atoms with Crippen molar-refractivity contribution in [3.63, 3.8) is 0 Å². The summed E-state index contributed by atoms with van der Waals surface area (Å²) in [7, 11) is 0. The molecule has 1 heterocycles. The second kappa shape index (κ2) is 4.94. The van der Waals surface area contributed by atoms with Crippen molar-refractivity contribution in [1.29, 1.82) is 0 Å². The molecule has 4 nitrogen and oxygen atoms in total. The number of hydrogen-bond acceptors (Lipinski definition) is 3. The normalized spacial score (nSPS) is 10.5. The number of rotatable bonds is 3. The summed E-state index contributed by atoms with van der Waals surface area (Å²) in [5.74, 6) is 1.14. The predicted molar refractivity (Wildman–Crippen MR) is 75.0 cm³/mol. The van der Waals surface area contributed by atoms with Crippen LogP contribution in [0.5, 0.6) is 0 Å². The van der Waals surface area contributed by atoms with Crippen LogP contribution in [-0.4, -0.2) is 14.8 Å². The van der Waals surface area contributed by atoms with E-state index < -0.39 is 0 Å². The Balaban J connectivity index is 1.99. The molecule has 0 unspecified atom stereocenters. The first-order valence-corrected chi connectivity index (χ1v) is 6.14. The summed E-state index contributed by atoms with van der Waals surface area (Å²) in [6, 6.07) is 20.1. The average Bonchev–Trinajstić information content (AvgIpc) is 2.82. The first-order chi connectivity index (χ1) is 9.33. The van der Waals surface area contributed by atoms with E-state index in [2.05, 4.69) is 22.2 Å². The van der Waals surface area contributed by atoms with Crippen LogP contribution >= 0.6 is 0 Å². The van der Waals surface area contributed by atoms with E-state index in [0.717, 1.165) is 11.5 Å². The highest BCUT2D eigenvalue weighted by Gasteiger charge is 2.10. The standard InChI is InChI=1S/C15H14N4/c16-15-17-14(11-12-7-3-1-4-8-12)19(18-15)13-9-5-2-6-10-13/h1-10H,11H2,(H2,16,18). The highest BCUT2D eigenvalue weighted by molar-refractivity contribution is 5.34. The van der Waals surface area contributed by atoms with Crippen LogP contribution in [-0.2, 0) is 6.42 Å². The maximum absolute atomic E-state index is 5.73. The van der Waals surface area contributed by atoms with E-state index in [1.165, 1.54) is 5.56 Å². The Morgan fingerprint density at radius 1 is 0.895 bits per heavy atom. The summed E-state index contributed by atoms with van der Waals surface area (Å²) in [5.41, 5.74) is 7.88. The van der Waals surface area contributed by atoms with E-state index in [1.54, 1.807) is 4.68 Å². The SMILES string of the molecule is Nc1nc(Cc2ccccc2)n(-c2ccccc2)n1. The second-order valence-electron chi connectivity index (χ2n) is 4.30. The van der Waals surface area contributed by atoms with Gasteiger partial charge in [0.15, 0.2) is 0 Å². The zero-order valence-corrected chi connectivity index (χ0v) is 10.4. The number of nitrogens with two attached hydrogens (primary N) is 1. The Bertz CT molecular complexity index is 659. The molecule has 0 atom stereocenters. The monoisotopic (exact) mass is 250 g/mol. The largest absolute Gasteiger partial charge is 0.366 e. The van der Waals surface area contributed by atoms with Gasteiger partial charge in [-0.2, -0.15) is 4.98 Å². The van der Waals surface area contributed by atoms with Gasteiger partial charge in [-0.1, -0.05) is 48.5 Å². The van der Waals surface area contributed by atoms with Gasteiger partial charge in [-0.05, 0) is 17.7 Å². The lowest BCUT2D eigenvalue weighted by Gasteiger charge is -2.05. The quantitative estimate of drug-likeness (QED) is 0.776. The van der Waals surface area contributed by atoms with Gasteiger partial charge in [0.1, 0.15) is 5.82 Å². The van der Waals surface area contributed by atoms with Gasteiger partial charge in [-0.25, -0.2) is 4.68 Å². The van der Waals surface area contributed by atoms with Gasteiger partial charge in [0, 0.05) is 6.42 Å². The van der Waals surface area contributed by atoms with E-state index >= 15 is 0 Å². The van der Waals surface area contributed by atoms with Crippen LogP contribution in [0.4, 0.5) is 5.95 Å². The molecule has 94 valence electrons. The molecule has 1 aromatic heterocycles. The molecule has 0 amide bonds. The molecule has 0 fully saturated rings. The lowest BCUT2D eigenvalue weighted by atomic mass is 10.1. The fraction of sp³-hybridized carbons (Fsp3) is 0.0667. The van der Waals surface area contributed by atoms with Crippen molar-refractivity contribution in [2.24, 2.45) is 0 Å². The molecule has 4 heteroatoms. The van der Waals surface area contributed by atoms with Crippen molar-refractivity contribution in [2.75, 3.05) is 5.73 Å². The summed E-state index contributed by atoms with van der Waals surface area (Å²) >= 11 is 0. The third-order valence-corrected chi connectivity index (χ3v) is 2.90. The highest BCUT2D eigenvalue weighted by atomic mass is 15.4. The van der Waals surface area contributed by atoms with Crippen LogP contribution in [0.1, 0.15) is 11.4 Å². The fourth-order valence-electron chi connectivity index (χ4n) is 2.03. The fourth-order valence-corrected chi connectivity index (χ4v) is 2.03. The molecule has 0 saturated carbocycles. The minimum absolute atomic E-state index is 0.301. The summed E-state index contributed by atoms with van der Waals surface area (Å²) < 4.78 is 1.79. The molecule has 2 N–H and O–H groups in total.